The van der Waals surface area contributed by atoms with Crippen molar-refractivity contribution in [1.29, 1.82) is 0 Å². The van der Waals surface area contributed by atoms with Crippen LogP contribution in [0.5, 0.6) is 0 Å². The van der Waals surface area contributed by atoms with E-state index in [0.717, 1.165) is 0 Å². The molecule has 0 aromatic heterocycles. The van der Waals surface area contributed by atoms with E-state index in [4.69, 9.17) is 10.5 Å². The Kier molecular flexibility index (Phi) is 4.15. The van der Waals surface area contributed by atoms with E-state index >= 15 is 0 Å². The highest BCUT2D eigenvalue weighted by atomic mass is 32.2. The van der Waals surface area contributed by atoms with Crippen molar-refractivity contribution in [2.45, 2.75) is 30.9 Å². The average Bonchev–Trinajstić information content (AvgIpc) is 2.37. The van der Waals surface area contributed by atoms with Gasteiger partial charge >= 0.3 is 0 Å². The number of hydrogen-bond acceptors (Lipinski definition) is 4. The van der Waals surface area contributed by atoms with Crippen molar-refractivity contribution in [2.75, 3.05) is 19.7 Å². The lowest BCUT2D eigenvalue weighted by molar-refractivity contribution is -0.0640. The SMILES string of the molecule is CC1(C)CN(S(=O)(=O)c2ccc(CN)cc2F)CCO1. The lowest BCUT2D eigenvalue weighted by Crippen LogP contribution is -2.50. The van der Waals surface area contributed by atoms with Gasteiger partial charge in [-0.05, 0) is 31.5 Å². The molecule has 1 heterocycles. The van der Waals surface area contributed by atoms with Gasteiger partial charge in [-0.2, -0.15) is 4.31 Å². The summed E-state index contributed by atoms with van der Waals surface area (Å²) in [5.41, 5.74) is 5.40. The Hall–Kier alpha value is -1.02. The minimum absolute atomic E-state index is 0.168. The third-order valence-electron chi connectivity index (χ3n) is 3.24. The second kappa shape index (κ2) is 5.40. The molecule has 1 fully saturated rings. The molecule has 1 aromatic carbocycles. The smallest absolute Gasteiger partial charge is 0.246 e. The summed E-state index contributed by atoms with van der Waals surface area (Å²) in [5.74, 6) is -0.766. The minimum Gasteiger partial charge on any atom is -0.373 e. The molecule has 2 rings (SSSR count). The second-order valence-electron chi connectivity index (χ2n) is 5.42. The maximum atomic E-state index is 14.0. The molecule has 5 nitrogen and oxygen atoms in total. The maximum Gasteiger partial charge on any atom is 0.246 e. The first-order valence-electron chi connectivity index (χ1n) is 6.39. The number of morpholine rings is 1. The summed E-state index contributed by atoms with van der Waals surface area (Å²) in [6.45, 7) is 4.51. The second-order valence-corrected chi connectivity index (χ2v) is 7.32. The number of ether oxygens (including phenoxy) is 1. The van der Waals surface area contributed by atoms with Crippen LogP contribution >= 0.6 is 0 Å². The lowest BCUT2D eigenvalue weighted by Gasteiger charge is -2.37. The molecule has 0 aliphatic carbocycles. The van der Waals surface area contributed by atoms with Crippen LogP contribution in [0.4, 0.5) is 4.39 Å². The summed E-state index contributed by atoms with van der Waals surface area (Å²) in [6.07, 6.45) is 0. The van der Waals surface area contributed by atoms with Crippen LogP contribution in [0.15, 0.2) is 23.1 Å². The van der Waals surface area contributed by atoms with Crippen LogP contribution in [0.3, 0.4) is 0 Å². The van der Waals surface area contributed by atoms with E-state index in [2.05, 4.69) is 0 Å². The monoisotopic (exact) mass is 302 g/mol. The molecule has 2 N–H and O–H groups in total. The van der Waals surface area contributed by atoms with Gasteiger partial charge in [-0.1, -0.05) is 6.07 Å². The Morgan fingerprint density at radius 2 is 2.15 bits per heavy atom. The normalized spacial score (nSPS) is 20.0. The molecule has 0 saturated carbocycles. The van der Waals surface area contributed by atoms with Gasteiger partial charge in [-0.3, -0.25) is 0 Å². The Morgan fingerprint density at radius 3 is 2.70 bits per heavy atom. The molecule has 0 radical (unpaired) electrons. The highest BCUT2D eigenvalue weighted by molar-refractivity contribution is 7.89. The summed E-state index contributed by atoms with van der Waals surface area (Å²) in [5, 5.41) is 0. The molecule has 0 atom stereocenters. The van der Waals surface area contributed by atoms with E-state index in [-0.39, 0.29) is 24.5 Å². The van der Waals surface area contributed by atoms with Gasteiger partial charge in [0.1, 0.15) is 10.7 Å². The van der Waals surface area contributed by atoms with Crippen molar-refractivity contribution in [3.8, 4) is 0 Å². The number of benzene rings is 1. The zero-order valence-corrected chi connectivity index (χ0v) is 12.4. The molecule has 1 aliphatic heterocycles. The minimum atomic E-state index is -3.85. The van der Waals surface area contributed by atoms with E-state index in [1.54, 1.807) is 0 Å². The Morgan fingerprint density at radius 1 is 1.45 bits per heavy atom. The van der Waals surface area contributed by atoms with E-state index in [1.165, 1.54) is 22.5 Å². The first-order chi connectivity index (χ1) is 9.26. The summed E-state index contributed by atoms with van der Waals surface area (Å²) in [4.78, 5) is -0.313. The van der Waals surface area contributed by atoms with Crippen molar-refractivity contribution in [3.05, 3.63) is 29.6 Å². The fourth-order valence-electron chi connectivity index (χ4n) is 2.20. The molecule has 1 aliphatic rings. The van der Waals surface area contributed by atoms with Gasteiger partial charge in [-0.25, -0.2) is 12.8 Å². The first-order valence-corrected chi connectivity index (χ1v) is 7.83. The molecule has 1 aromatic rings. The zero-order chi connectivity index (χ0) is 15.0. The maximum absolute atomic E-state index is 14.0. The summed E-state index contributed by atoms with van der Waals surface area (Å²) in [6, 6.07) is 3.97. The molecule has 0 amide bonds. The van der Waals surface area contributed by atoms with Gasteiger partial charge in [0.2, 0.25) is 10.0 Å². The van der Waals surface area contributed by atoms with Gasteiger partial charge in [-0.15, -0.1) is 0 Å². The molecular weight excluding hydrogens is 283 g/mol. The van der Waals surface area contributed by atoms with Crippen molar-refractivity contribution in [2.24, 2.45) is 5.73 Å². The largest absolute Gasteiger partial charge is 0.373 e. The van der Waals surface area contributed by atoms with Crippen molar-refractivity contribution in [3.63, 3.8) is 0 Å². The summed E-state index contributed by atoms with van der Waals surface area (Å²) < 4.78 is 45.7. The summed E-state index contributed by atoms with van der Waals surface area (Å²) >= 11 is 0. The third-order valence-corrected chi connectivity index (χ3v) is 5.12. The standard InChI is InChI=1S/C13H19FN2O3S/c1-13(2)9-16(5-6-19-13)20(17,18)12-4-3-10(8-15)7-11(12)14/h3-4,7H,5-6,8-9,15H2,1-2H3. The lowest BCUT2D eigenvalue weighted by atomic mass is 10.1. The van der Waals surface area contributed by atoms with Crippen LogP contribution in [0, 0.1) is 5.82 Å². The van der Waals surface area contributed by atoms with Crippen LogP contribution in [-0.4, -0.2) is 38.0 Å². The first kappa shape index (κ1) is 15.4. The quantitative estimate of drug-likeness (QED) is 0.907. The molecule has 0 spiro atoms. The Balaban J connectivity index is 2.35. The van der Waals surface area contributed by atoms with Gasteiger partial charge < -0.3 is 10.5 Å². The molecule has 0 unspecified atom stereocenters. The van der Waals surface area contributed by atoms with Crippen LogP contribution in [0.25, 0.3) is 0 Å². The van der Waals surface area contributed by atoms with Gasteiger partial charge in [0.25, 0.3) is 0 Å². The molecule has 1 saturated heterocycles. The Labute approximate surface area is 118 Å². The fraction of sp³-hybridized carbons (Fsp3) is 0.538. The van der Waals surface area contributed by atoms with Crippen LogP contribution in [-0.2, 0) is 21.3 Å². The van der Waals surface area contributed by atoms with E-state index < -0.39 is 21.4 Å². The van der Waals surface area contributed by atoms with Crippen molar-refractivity contribution >= 4 is 10.0 Å². The molecule has 112 valence electrons. The predicted molar refractivity (Wildman–Crippen MR) is 73.1 cm³/mol. The number of rotatable bonds is 3. The zero-order valence-electron chi connectivity index (χ0n) is 11.6. The van der Waals surface area contributed by atoms with Crippen LogP contribution in [0.1, 0.15) is 19.4 Å². The van der Waals surface area contributed by atoms with Crippen LogP contribution in [0.2, 0.25) is 0 Å². The highest BCUT2D eigenvalue weighted by Gasteiger charge is 2.36. The molecule has 0 bridgehead atoms. The Bertz CT molecular complexity index is 602. The predicted octanol–water partition coefficient (Wildman–Crippen LogP) is 1.08. The number of nitrogens with zero attached hydrogens (tertiary/aromatic N) is 1. The van der Waals surface area contributed by atoms with Gasteiger partial charge in [0.05, 0.1) is 12.2 Å². The number of sulfonamides is 1. The van der Waals surface area contributed by atoms with E-state index in [0.29, 0.717) is 12.2 Å². The fourth-order valence-corrected chi connectivity index (χ4v) is 3.82. The van der Waals surface area contributed by atoms with Gasteiger partial charge in [0, 0.05) is 19.6 Å². The van der Waals surface area contributed by atoms with Crippen molar-refractivity contribution < 1.29 is 17.5 Å². The summed E-state index contributed by atoms with van der Waals surface area (Å²) in [7, 11) is -3.85. The van der Waals surface area contributed by atoms with Crippen LogP contribution < -0.4 is 5.73 Å². The van der Waals surface area contributed by atoms with Crippen molar-refractivity contribution in [1.82, 2.24) is 4.31 Å². The third kappa shape index (κ3) is 3.01. The molecule has 7 heteroatoms. The van der Waals surface area contributed by atoms with Gasteiger partial charge in [0.15, 0.2) is 0 Å². The molecule has 20 heavy (non-hydrogen) atoms. The van der Waals surface area contributed by atoms with E-state index in [1.807, 2.05) is 13.8 Å². The van der Waals surface area contributed by atoms with E-state index in [9.17, 15) is 12.8 Å². The topological polar surface area (TPSA) is 72.6 Å². The average molecular weight is 302 g/mol. The number of nitrogens with two attached hydrogens (primary N) is 1. The number of hydrogen-bond donors (Lipinski definition) is 1. The highest BCUT2D eigenvalue weighted by Crippen LogP contribution is 2.25. The number of halogens is 1. The molecular formula is C13H19FN2O3S.